The predicted octanol–water partition coefficient (Wildman–Crippen LogP) is 3.40. The van der Waals surface area contributed by atoms with Crippen LogP contribution >= 0.6 is 0 Å². The molecule has 1 saturated carbocycles. The van der Waals surface area contributed by atoms with Gasteiger partial charge < -0.3 is 9.47 Å². The number of hydrogen-bond donors (Lipinski definition) is 2. The van der Waals surface area contributed by atoms with Gasteiger partial charge in [0.25, 0.3) is 0 Å². The molecule has 2 N–H and O–H groups in total. The van der Waals surface area contributed by atoms with Crippen LogP contribution in [-0.4, -0.2) is 23.7 Å². The Bertz CT molecular complexity index is 815. The monoisotopic (exact) mass is 369 g/mol. The summed E-state index contributed by atoms with van der Waals surface area (Å²) in [6, 6.07) is 15.2. The van der Waals surface area contributed by atoms with Crippen molar-refractivity contribution < 1.29 is 24.3 Å². The molecular weight excluding hydrogens is 346 g/mol. The molecule has 0 saturated heterocycles. The van der Waals surface area contributed by atoms with Gasteiger partial charge in [-0.2, -0.15) is 0 Å². The molecule has 2 aromatic rings. The largest absolute Gasteiger partial charge is 0.466 e. The van der Waals surface area contributed by atoms with Crippen molar-refractivity contribution in [2.45, 2.75) is 26.7 Å². The van der Waals surface area contributed by atoms with Crippen molar-refractivity contribution >= 4 is 11.9 Å². The van der Waals surface area contributed by atoms with E-state index in [1.807, 2.05) is 55.5 Å². The molecule has 1 fully saturated rings. The molecule has 0 heterocycles. The lowest BCUT2D eigenvalue weighted by Gasteiger charge is -2.16. The molecule has 0 radical (unpaired) electrons. The number of hydroxylamine groups is 1. The van der Waals surface area contributed by atoms with Crippen LogP contribution < -0.4 is 10.2 Å². The van der Waals surface area contributed by atoms with Crippen molar-refractivity contribution in [3.63, 3.8) is 0 Å². The van der Waals surface area contributed by atoms with E-state index < -0.39 is 23.2 Å². The number of esters is 1. The number of hydrogen-bond acceptors (Lipinski definition) is 5. The van der Waals surface area contributed by atoms with Gasteiger partial charge >= 0.3 is 5.97 Å². The molecule has 6 heteroatoms. The van der Waals surface area contributed by atoms with Gasteiger partial charge in [-0.3, -0.25) is 14.8 Å². The quantitative estimate of drug-likeness (QED) is 0.444. The van der Waals surface area contributed by atoms with Gasteiger partial charge in [-0.1, -0.05) is 29.8 Å². The lowest BCUT2D eigenvalue weighted by molar-refractivity contribution is -0.152. The summed E-state index contributed by atoms with van der Waals surface area (Å²) < 4.78 is 11.0. The van der Waals surface area contributed by atoms with Crippen LogP contribution in [0.5, 0.6) is 11.5 Å². The predicted molar refractivity (Wildman–Crippen MR) is 98.5 cm³/mol. The van der Waals surface area contributed by atoms with Gasteiger partial charge in [0.2, 0.25) is 5.91 Å². The standard InChI is InChI=1S/C21H23NO5/c1-3-26-20(24)21(13-18(21)19(23)22-25)12-15-6-10-17(11-7-15)27-16-8-4-14(2)5-9-16/h4-11,18,25H,3,12-13H2,1-2H3,(H,22,23)/t18-,21+/m1/s1. The molecule has 2 aromatic carbocycles. The summed E-state index contributed by atoms with van der Waals surface area (Å²) in [7, 11) is 0. The molecule has 0 unspecified atom stereocenters. The second-order valence-corrected chi connectivity index (χ2v) is 6.85. The Labute approximate surface area is 158 Å². The molecule has 1 amide bonds. The molecule has 0 bridgehead atoms. The Balaban J connectivity index is 1.71. The average molecular weight is 369 g/mol. The van der Waals surface area contributed by atoms with Crippen LogP contribution in [0.4, 0.5) is 0 Å². The lowest BCUT2D eigenvalue weighted by Crippen LogP contribution is -2.30. The van der Waals surface area contributed by atoms with Crippen molar-refractivity contribution in [1.29, 1.82) is 0 Å². The zero-order valence-corrected chi connectivity index (χ0v) is 15.4. The van der Waals surface area contributed by atoms with Gasteiger partial charge in [-0.15, -0.1) is 0 Å². The number of rotatable bonds is 7. The Morgan fingerprint density at radius 1 is 1.11 bits per heavy atom. The summed E-state index contributed by atoms with van der Waals surface area (Å²) in [6.07, 6.45) is 0.731. The highest BCUT2D eigenvalue weighted by Crippen LogP contribution is 2.56. The fourth-order valence-corrected chi connectivity index (χ4v) is 3.28. The summed E-state index contributed by atoms with van der Waals surface area (Å²) in [5.74, 6) is -0.0996. The number of carbonyl (C=O) groups excluding carboxylic acids is 2. The molecule has 0 aromatic heterocycles. The van der Waals surface area contributed by atoms with E-state index in [9.17, 15) is 9.59 Å². The maximum Gasteiger partial charge on any atom is 0.313 e. The van der Waals surface area contributed by atoms with E-state index in [1.165, 1.54) is 0 Å². The van der Waals surface area contributed by atoms with Crippen molar-refractivity contribution in [2.75, 3.05) is 6.61 Å². The molecule has 142 valence electrons. The van der Waals surface area contributed by atoms with Gasteiger partial charge in [0.15, 0.2) is 0 Å². The van der Waals surface area contributed by atoms with E-state index in [-0.39, 0.29) is 6.61 Å². The van der Waals surface area contributed by atoms with Crippen molar-refractivity contribution in [2.24, 2.45) is 11.3 Å². The minimum Gasteiger partial charge on any atom is -0.466 e. The van der Waals surface area contributed by atoms with Crippen molar-refractivity contribution in [3.8, 4) is 11.5 Å². The summed E-state index contributed by atoms with van der Waals surface area (Å²) in [6.45, 7) is 3.99. The molecule has 2 atom stereocenters. The molecule has 27 heavy (non-hydrogen) atoms. The first kappa shape index (κ1) is 18.9. The molecule has 6 nitrogen and oxygen atoms in total. The SMILES string of the molecule is CCOC(=O)[C@@]1(Cc2ccc(Oc3ccc(C)cc3)cc2)C[C@@H]1C(=O)NO. The van der Waals surface area contributed by atoms with Crippen LogP contribution in [0.2, 0.25) is 0 Å². The van der Waals surface area contributed by atoms with Crippen LogP contribution in [0.3, 0.4) is 0 Å². The third-order valence-electron chi connectivity index (χ3n) is 4.88. The number of amides is 1. The maximum absolute atomic E-state index is 12.4. The van der Waals surface area contributed by atoms with Crippen LogP contribution in [0.25, 0.3) is 0 Å². The second kappa shape index (κ2) is 7.80. The van der Waals surface area contributed by atoms with Gasteiger partial charge in [0.1, 0.15) is 11.5 Å². The normalized spacial score (nSPS) is 20.6. The van der Waals surface area contributed by atoms with Crippen LogP contribution in [0.15, 0.2) is 48.5 Å². The van der Waals surface area contributed by atoms with Gasteiger partial charge in [-0.25, -0.2) is 5.48 Å². The highest BCUT2D eigenvalue weighted by atomic mass is 16.5. The first-order valence-electron chi connectivity index (χ1n) is 8.93. The van der Waals surface area contributed by atoms with Gasteiger partial charge in [0, 0.05) is 0 Å². The number of nitrogens with one attached hydrogen (secondary N) is 1. The molecule has 1 aliphatic carbocycles. The number of aryl methyl sites for hydroxylation is 1. The fourth-order valence-electron chi connectivity index (χ4n) is 3.28. The maximum atomic E-state index is 12.4. The molecule has 0 spiro atoms. The average Bonchev–Trinajstić information content (AvgIpc) is 3.40. The first-order valence-corrected chi connectivity index (χ1v) is 8.93. The third kappa shape index (κ3) is 4.11. The molecule has 3 rings (SSSR count). The third-order valence-corrected chi connectivity index (χ3v) is 4.88. The number of benzene rings is 2. The second-order valence-electron chi connectivity index (χ2n) is 6.85. The summed E-state index contributed by atoms with van der Waals surface area (Å²) in [5.41, 5.74) is 2.78. The van der Waals surface area contributed by atoms with Crippen molar-refractivity contribution in [1.82, 2.24) is 5.48 Å². The minimum absolute atomic E-state index is 0.247. The van der Waals surface area contributed by atoms with Crippen molar-refractivity contribution in [3.05, 3.63) is 59.7 Å². The van der Waals surface area contributed by atoms with E-state index in [0.29, 0.717) is 18.6 Å². The lowest BCUT2D eigenvalue weighted by atomic mass is 9.93. The summed E-state index contributed by atoms with van der Waals surface area (Å²) >= 11 is 0. The number of carbonyl (C=O) groups is 2. The summed E-state index contributed by atoms with van der Waals surface area (Å²) in [5, 5.41) is 8.88. The van der Waals surface area contributed by atoms with E-state index >= 15 is 0 Å². The Morgan fingerprint density at radius 2 is 1.70 bits per heavy atom. The van der Waals surface area contributed by atoms with E-state index in [0.717, 1.165) is 16.9 Å². The van der Waals surface area contributed by atoms with Gasteiger partial charge in [-0.05, 0) is 56.5 Å². The van der Waals surface area contributed by atoms with E-state index in [4.69, 9.17) is 14.7 Å². The van der Waals surface area contributed by atoms with Crippen LogP contribution in [0, 0.1) is 18.3 Å². The molecule has 0 aliphatic heterocycles. The Kier molecular flexibility index (Phi) is 5.46. The molecular formula is C21H23NO5. The zero-order chi connectivity index (χ0) is 19.4. The highest BCUT2D eigenvalue weighted by Gasteiger charge is 2.64. The zero-order valence-electron chi connectivity index (χ0n) is 15.4. The molecule has 1 aliphatic rings. The topological polar surface area (TPSA) is 84.9 Å². The van der Waals surface area contributed by atoms with E-state index in [2.05, 4.69) is 0 Å². The Hall–Kier alpha value is -2.86. The summed E-state index contributed by atoms with van der Waals surface area (Å²) in [4.78, 5) is 24.2. The first-order chi connectivity index (χ1) is 13.0. The fraction of sp³-hybridized carbons (Fsp3) is 0.333. The minimum atomic E-state index is -0.915. The number of ether oxygens (including phenoxy) is 2. The van der Waals surface area contributed by atoms with E-state index in [1.54, 1.807) is 12.4 Å². The van der Waals surface area contributed by atoms with Crippen LogP contribution in [-0.2, 0) is 20.7 Å². The Morgan fingerprint density at radius 3 is 2.26 bits per heavy atom. The van der Waals surface area contributed by atoms with Crippen LogP contribution in [0.1, 0.15) is 24.5 Å². The van der Waals surface area contributed by atoms with Gasteiger partial charge in [0.05, 0.1) is 17.9 Å². The highest BCUT2D eigenvalue weighted by molar-refractivity contribution is 5.93. The smallest absolute Gasteiger partial charge is 0.313 e.